The van der Waals surface area contributed by atoms with E-state index in [1.807, 2.05) is 11.8 Å². The van der Waals surface area contributed by atoms with Crippen molar-refractivity contribution in [3.63, 3.8) is 0 Å². The summed E-state index contributed by atoms with van der Waals surface area (Å²) < 4.78 is 0. The summed E-state index contributed by atoms with van der Waals surface area (Å²) in [4.78, 5) is 20.5. The molecule has 21 heavy (non-hydrogen) atoms. The van der Waals surface area contributed by atoms with Crippen LogP contribution >= 0.6 is 0 Å². The van der Waals surface area contributed by atoms with Crippen molar-refractivity contribution in [2.24, 2.45) is 0 Å². The van der Waals surface area contributed by atoms with Gasteiger partial charge in [0, 0.05) is 33.7 Å². The van der Waals surface area contributed by atoms with E-state index in [1.165, 1.54) is 0 Å². The van der Waals surface area contributed by atoms with E-state index in [9.17, 15) is 4.79 Å². The van der Waals surface area contributed by atoms with Gasteiger partial charge in [0.15, 0.2) is 0 Å². The fourth-order valence-corrected chi connectivity index (χ4v) is 2.51. The van der Waals surface area contributed by atoms with Crippen LogP contribution in [-0.4, -0.2) is 65.8 Å². The van der Waals surface area contributed by atoms with E-state index >= 15 is 0 Å². The minimum atomic E-state index is -0.271. The second-order valence-electron chi connectivity index (χ2n) is 5.36. The lowest BCUT2D eigenvalue weighted by Gasteiger charge is -2.36. The van der Waals surface area contributed by atoms with Gasteiger partial charge in [0.05, 0.1) is 11.4 Å². The number of hydrogen-bond acceptors (Lipinski definition) is 6. The van der Waals surface area contributed by atoms with Gasteiger partial charge >= 0.3 is 0 Å². The molecule has 116 valence electrons. The summed E-state index contributed by atoms with van der Waals surface area (Å²) in [7, 11) is 3.54. The molecule has 2 rings (SSSR count). The molecule has 0 radical (unpaired) electrons. The first-order chi connectivity index (χ1) is 10.1. The summed E-state index contributed by atoms with van der Waals surface area (Å²) in [5, 5.41) is 11.8. The molecule has 1 atom stereocenters. The van der Waals surface area contributed by atoms with Gasteiger partial charge in [-0.1, -0.05) is 13.8 Å². The van der Waals surface area contributed by atoms with Crippen molar-refractivity contribution in [2.75, 3.05) is 38.6 Å². The third kappa shape index (κ3) is 3.29. The number of piperazine rings is 1. The zero-order chi connectivity index (χ0) is 15.4. The monoisotopic (exact) mass is 292 g/mol. The van der Waals surface area contributed by atoms with E-state index in [0.29, 0.717) is 19.0 Å². The van der Waals surface area contributed by atoms with Crippen molar-refractivity contribution in [1.29, 1.82) is 0 Å². The van der Waals surface area contributed by atoms with Gasteiger partial charge in [-0.25, -0.2) is 4.98 Å². The quantitative estimate of drug-likeness (QED) is 0.833. The van der Waals surface area contributed by atoms with Gasteiger partial charge in [-0.2, -0.15) is 5.10 Å². The van der Waals surface area contributed by atoms with Gasteiger partial charge in [-0.3, -0.25) is 4.79 Å². The number of nitrogens with one attached hydrogen (secondary N) is 1. The molecule has 7 heteroatoms. The first-order valence-electron chi connectivity index (χ1n) is 7.49. The van der Waals surface area contributed by atoms with Gasteiger partial charge in [0.25, 0.3) is 0 Å². The highest BCUT2D eigenvalue weighted by molar-refractivity contribution is 5.84. The van der Waals surface area contributed by atoms with Crippen molar-refractivity contribution in [3.8, 4) is 0 Å². The van der Waals surface area contributed by atoms with Gasteiger partial charge in [-0.15, -0.1) is 5.10 Å². The van der Waals surface area contributed by atoms with E-state index < -0.39 is 0 Å². The smallest absolute Gasteiger partial charge is 0.246 e. The maximum absolute atomic E-state index is 12.3. The molecule has 0 aromatic carbocycles. The average Bonchev–Trinajstić information content (AvgIpc) is 2.53. The minimum absolute atomic E-state index is 0.0587. The molecule has 7 nitrogen and oxygen atoms in total. The third-order valence-electron chi connectivity index (χ3n) is 3.72. The average molecular weight is 292 g/mol. The van der Waals surface area contributed by atoms with E-state index in [-0.39, 0.29) is 11.9 Å². The number of carbonyl (C=O) groups is 1. The second-order valence-corrected chi connectivity index (χ2v) is 5.36. The maximum atomic E-state index is 12.3. The van der Waals surface area contributed by atoms with Crippen molar-refractivity contribution in [2.45, 2.75) is 32.7 Å². The Bertz CT molecular complexity index is 504. The Kier molecular flexibility index (Phi) is 5.06. The predicted octanol–water partition coefficient (Wildman–Crippen LogP) is -0.137. The minimum Gasteiger partial charge on any atom is -0.347 e. The SMILES string of the molecule is CCc1nnc(N2CCNCC2C(=O)N(C)C)nc1CC. The molecule has 0 saturated carbocycles. The summed E-state index contributed by atoms with van der Waals surface area (Å²) in [5.41, 5.74) is 1.91. The Balaban J connectivity index is 2.31. The van der Waals surface area contributed by atoms with Crippen LogP contribution < -0.4 is 10.2 Å². The summed E-state index contributed by atoms with van der Waals surface area (Å²) in [6.07, 6.45) is 1.65. The Morgan fingerprint density at radius 3 is 2.62 bits per heavy atom. The van der Waals surface area contributed by atoms with E-state index in [4.69, 9.17) is 0 Å². The Morgan fingerprint density at radius 1 is 1.29 bits per heavy atom. The number of aryl methyl sites for hydroxylation is 2. The lowest BCUT2D eigenvalue weighted by atomic mass is 10.1. The van der Waals surface area contributed by atoms with Crippen LogP contribution in [0.25, 0.3) is 0 Å². The largest absolute Gasteiger partial charge is 0.347 e. The van der Waals surface area contributed by atoms with Crippen molar-refractivity contribution in [3.05, 3.63) is 11.4 Å². The summed E-state index contributed by atoms with van der Waals surface area (Å²) in [6, 6.07) is -0.271. The number of hydrogen-bond donors (Lipinski definition) is 1. The van der Waals surface area contributed by atoms with Gasteiger partial charge in [0.2, 0.25) is 11.9 Å². The zero-order valence-electron chi connectivity index (χ0n) is 13.3. The molecule has 1 fully saturated rings. The number of amides is 1. The highest BCUT2D eigenvalue weighted by Crippen LogP contribution is 2.16. The highest BCUT2D eigenvalue weighted by Gasteiger charge is 2.32. The van der Waals surface area contributed by atoms with E-state index in [1.54, 1.807) is 19.0 Å². The lowest BCUT2D eigenvalue weighted by molar-refractivity contribution is -0.130. The second kappa shape index (κ2) is 6.80. The highest BCUT2D eigenvalue weighted by atomic mass is 16.2. The van der Waals surface area contributed by atoms with Crippen LogP contribution in [-0.2, 0) is 17.6 Å². The number of likely N-dealkylation sites (N-methyl/N-ethyl adjacent to an activating group) is 1. The molecule has 1 aromatic heterocycles. The number of anilines is 1. The first-order valence-corrected chi connectivity index (χ1v) is 7.49. The normalized spacial score (nSPS) is 18.7. The maximum Gasteiger partial charge on any atom is 0.246 e. The topological polar surface area (TPSA) is 74.2 Å². The van der Waals surface area contributed by atoms with Gasteiger partial charge < -0.3 is 15.1 Å². The Morgan fingerprint density at radius 2 is 2.00 bits per heavy atom. The molecular weight excluding hydrogens is 268 g/mol. The van der Waals surface area contributed by atoms with Crippen LogP contribution in [0.15, 0.2) is 0 Å². The van der Waals surface area contributed by atoms with Crippen molar-refractivity contribution in [1.82, 2.24) is 25.4 Å². The van der Waals surface area contributed by atoms with Crippen LogP contribution in [0, 0.1) is 0 Å². The third-order valence-corrected chi connectivity index (χ3v) is 3.72. The summed E-state index contributed by atoms with van der Waals surface area (Å²) in [6.45, 7) is 6.25. The van der Waals surface area contributed by atoms with Gasteiger partial charge in [0.1, 0.15) is 6.04 Å². The molecule has 2 heterocycles. The van der Waals surface area contributed by atoms with Crippen LogP contribution in [0.5, 0.6) is 0 Å². The molecule has 1 N–H and O–H groups in total. The fraction of sp³-hybridized carbons (Fsp3) is 0.714. The standard InChI is InChI=1S/C14H24N6O/c1-5-10-11(6-2)17-18-14(16-10)20-8-7-15-9-12(20)13(21)19(3)4/h12,15H,5-9H2,1-4H3. The van der Waals surface area contributed by atoms with Gasteiger partial charge in [-0.05, 0) is 12.8 Å². The van der Waals surface area contributed by atoms with Crippen LogP contribution in [0.3, 0.4) is 0 Å². The Hall–Kier alpha value is -1.76. The number of carbonyl (C=O) groups excluding carboxylic acids is 1. The van der Waals surface area contributed by atoms with Crippen LogP contribution in [0.4, 0.5) is 5.95 Å². The zero-order valence-corrected chi connectivity index (χ0v) is 13.3. The molecule has 1 aromatic rings. The van der Waals surface area contributed by atoms with Crippen molar-refractivity contribution < 1.29 is 4.79 Å². The molecule has 0 aliphatic carbocycles. The van der Waals surface area contributed by atoms with Crippen LogP contribution in [0.1, 0.15) is 25.2 Å². The van der Waals surface area contributed by atoms with E-state index in [0.717, 1.165) is 30.8 Å². The molecule has 1 amide bonds. The summed E-state index contributed by atoms with van der Waals surface area (Å²) in [5.74, 6) is 0.620. The molecule has 1 unspecified atom stereocenters. The molecule has 1 saturated heterocycles. The lowest BCUT2D eigenvalue weighted by Crippen LogP contribution is -2.58. The molecule has 1 aliphatic rings. The van der Waals surface area contributed by atoms with Crippen molar-refractivity contribution >= 4 is 11.9 Å². The molecular formula is C14H24N6O. The number of nitrogens with zero attached hydrogens (tertiary/aromatic N) is 5. The summed E-state index contributed by atoms with van der Waals surface area (Å²) >= 11 is 0. The predicted molar refractivity (Wildman–Crippen MR) is 81.3 cm³/mol. The van der Waals surface area contributed by atoms with Crippen LogP contribution in [0.2, 0.25) is 0 Å². The molecule has 0 spiro atoms. The Labute approximate surface area is 125 Å². The fourth-order valence-electron chi connectivity index (χ4n) is 2.51. The first kappa shape index (κ1) is 15.6. The number of aromatic nitrogens is 3. The number of rotatable bonds is 4. The molecule has 1 aliphatic heterocycles. The molecule has 0 bridgehead atoms. The van der Waals surface area contributed by atoms with E-state index in [2.05, 4.69) is 27.4 Å².